The van der Waals surface area contributed by atoms with Gasteiger partial charge in [-0.05, 0) is 44.7 Å². The smallest absolute Gasteiger partial charge is 0.235 e. The molecule has 27 heavy (non-hydrogen) atoms. The molecule has 0 spiro atoms. The van der Waals surface area contributed by atoms with Crippen LogP contribution in [0.2, 0.25) is 0 Å². The predicted molar refractivity (Wildman–Crippen MR) is 108 cm³/mol. The molecule has 0 aliphatic heterocycles. The van der Waals surface area contributed by atoms with Crippen molar-refractivity contribution in [3.8, 4) is 5.69 Å². The van der Waals surface area contributed by atoms with E-state index in [1.165, 1.54) is 43.9 Å². The first kappa shape index (κ1) is 18.5. The number of nitrogens with zero attached hydrogens (tertiary/aromatic N) is 4. The molecule has 0 unspecified atom stereocenters. The first-order valence-electron chi connectivity index (χ1n) is 10.1. The van der Waals surface area contributed by atoms with Gasteiger partial charge < -0.3 is 4.90 Å². The average molecular weight is 385 g/mol. The standard InChI is InChI=1S/C21H28N4OS/c1-15(20(26)24(2)17-9-5-3-6-10-17)27-21-22-19(16-13-14-16)25(23-21)18-11-7-4-8-12-18/h4,7-8,11-12,15-17H,3,5-6,9-10,13-14H2,1-2H3/t15-/m1/s1. The van der Waals surface area contributed by atoms with Crippen LogP contribution in [0.1, 0.15) is 63.6 Å². The number of para-hydroxylation sites is 1. The molecule has 4 rings (SSSR count). The number of benzene rings is 1. The molecule has 0 bridgehead atoms. The van der Waals surface area contributed by atoms with Gasteiger partial charge in [0.05, 0.1) is 10.9 Å². The molecule has 2 fully saturated rings. The summed E-state index contributed by atoms with van der Waals surface area (Å²) in [7, 11) is 1.96. The monoisotopic (exact) mass is 384 g/mol. The molecule has 6 heteroatoms. The number of amides is 1. The van der Waals surface area contributed by atoms with Crippen molar-refractivity contribution in [2.24, 2.45) is 0 Å². The van der Waals surface area contributed by atoms with E-state index in [1.807, 2.05) is 41.8 Å². The molecule has 1 aromatic heterocycles. The predicted octanol–water partition coefficient (Wildman–Crippen LogP) is 4.42. The highest BCUT2D eigenvalue weighted by Crippen LogP contribution is 2.40. The lowest BCUT2D eigenvalue weighted by atomic mass is 9.94. The van der Waals surface area contributed by atoms with Gasteiger partial charge in [-0.1, -0.05) is 49.2 Å². The Labute approximate surface area is 165 Å². The Morgan fingerprint density at radius 3 is 2.52 bits per heavy atom. The molecule has 2 aliphatic rings. The van der Waals surface area contributed by atoms with Gasteiger partial charge in [-0.25, -0.2) is 9.67 Å². The molecule has 1 aromatic carbocycles. The lowest BCUT2D eigenvalue weighted by Crippen LogP contribution is -2.42. The third kappa shape index (κ3) is 4.21. The summed E-state index contributed by atoms with van der Waals surface area (Å²) in [6.45, 7) is 1.98. The van der Waals surface area contributed by atoms with E-state index in [-0.39, 0.29) is 11.2 Å². The van der Waals surface area contributed by atoms with E-state index in [0.717, 1.165) is 24.4 Å². The van der Waals surface area contributed by atoms with E-state index in [0.29, 0.717) is 17.1 Å². The number of hydrogen-bond donors (Lipinski definition) is 0. The van der Waals surface area contributed by atoms with Crippen LogP contribution in [0.25, 0.3) is 5.69 Å². The summed E-state index contributed by atoms with van der Waals surface area (Å²) < 4.78 is 1.96. The van der Waals surface area contributed by atoms with E-state index in [2.05, 4.69) is 12.1 Å². The van der Waals surface area contributed by atoms with E-state index in [1.54, 1.807) is 0 Å². The third-order valence-corrected chi connectivity index (χ3v) is 6.59. The van der Waals surface area contributed by atoms with Gasteiger partial charge in [-0.2, -0.15) is 0 Å². The summed E-state index contributed by atoms with van der Waals surface area (Å²) in [5.74, 6) is 1.72. The molecule has 144 valence electrons. The van der Waals surface area contributed by atoms with Crippen LogP contribution >= 0.6 is 11.8 Å². The Hall–Kier alpha value is -1.82. The maximum Gasteiger partial charge on any atom is 0.235 e. The fourth-order valence-corrected chi connectivity index (χ4v) is 4.72. The molecule has 0 radical (unpaired) electrons. The Morgan fingerprint density at radius 1 is 1.15 bits per heavy atom. The van der Waals surface area contributed by atoms with Gasteiger partial charge in [0, 0.05) is 19.0 Å². The molecule has 0 saturated heterocycles. The van der Waals surface area contributed by atoms with Crippen LogP contribution < -0.4 is 0 Å². The number of carbonyl (C=O) groups excluding carboxylic acids is 1. The van der Waals surface area contributed by atoms with Gasteiger partial charge in [-0.3, -0.25) is 4.79 Å². The van der Waals surface area contributed by atoms with Gasteiger partial charge in [0.2, 0.25) is 11.1 Å². The Kier molecular flexibility index (Phi) is 5.53. The van der Waals surface area contributed by atoms with Crippen molar-refractivity contribution in [2.75, 3.05) is 7.05 Å². The second-order valence-electron chi connectivity index (χ2n) is 7.78. The molecule has 2 aliphatic carbocycles. The molecular weight excluding hydrogens is 356 g/mol. The molecule has 1 amide bonds. The highest BCUT2D eigenvalue weighted by molar-refractivity contribution is 8.00. The first-order chi connectivity index (χ1) is 13.1. The maximum atomic E-state index is 12.9. The number of carbonyl (C=O) groups is 1. The summed E-state index contributed by atoms with van der Waals surface area (Å²) in [4.78, 5) is 19.6. The zero-order chi connectivity index (χ0) is 18.8. The SMILES string of the molecule is C[C@@H](Sc1nc(C2CC2)n(-c2ccccc2)n1)C(=O)N(C)C1CCCCC1. The van der Waals surface area contributed by atoms with Crippen molar-refractivity contribution in [3.63, 3.8) is 0 Å². The van der Waals surface area contributed by atoms with Crippen LogP contribution in [0, 0.1) is 0 Å². The minimum Gasteiger partial charge on any atom is -0.342 e. The van der Waals surface area contributed by atoms with Gasteiger partial charge >= 0.3 is 0 Å². The second kappa shape index (κ2) is 8.05. The highest BCUT2D eigenvalue weighted by atomic mass is 32.2. The number of aromatic nitrogens is 3. The summed E-state index contributed by atoms with van der Waals surface area (Å²) in [6, 6.07) is 10.6. The largest absolute Gasteiger partial charge is 0.342 e. The Bertz CT molecular complexity index is 781. The topological polar surface area (TPSA) is 51.0 Å². The van der Waals surface area contributed by atoms with Crippen LogP contribution in [-0.4, -0.2) is 43.9 Å². The summed E-state index contributed by atoms with van der Waals surface area (Å²) in [5, 5.41) is 5.27. The fourth-order valence-electron chi connectivity index (χ4n) is 3.86. The zero-order valence-electron chi connectivity index (χ0n) is 16.2. The number of hydrogen-bond acceptors (Lipinski definition) is 4. The Balaban J connectivity index is 1.48. The minimum atomic E-state index is -0.171. The van der Waals surface area contributed by atoms with Gasteiger partial charge in [0.1, 0.15) is 5.82 Å². The molecule has 5 nitrogen and oxygen atoms in total. The van der Waals surface area contributed by atoms with Crippen molar-refractivity contribution in [1.29, 1.82) is 0 Å². The molecule has 0 N–H and O–H groups in total. The van der Waals surface area contributed by atoms with Gasteiger partial charge in [0.25, 0.3) is 0 Å². The molecular formula is C21H28N4OS. The minimum absolute atomic E-state index is 0.171. The first-order valence-corrected chi connectivity index (χ1v) is 11.0. The third-order valence-electron chi connectivity index (χ3n) is 5.66. The summed E-state index contributed by atoms with van der Waals surface area (Å²) in [6.07, 6.45) is 8.38. The summed E-state index contributed by atoms with van der Waals surface area (Å²) >= 11 is 1.48. The van der Waals surface area contributed by atoms with E-state index < -0.39 is 0 Å². The normalized spacial score (nSPS) is 19.0. The molecule has 1 heterocycles. The quantitative estimate of drug-likeness (QED) is 0.692. The number of rotatable bonds is 6. The zero-order valence-corrected chi connectivity index (χ0v) is 17.0. The molecule has 1 atom stereocenters. The van der Waals surface area contributed by atoms with Crippen molar-refractivity contribution in [1.82, 2.24) is 19.7 Å². The summed E-state index contributed by atoms with van der Waals surface area (Å²) in [5.41, 5.74) is 1.04. The second-order valence-corrected chi connectivity index (χ2v) is 9.08. The Morgan fingerprint density at radius 2 is 1.85 bits per heavy atom. The fraction of sp³-hybridized carbons (Fsp3) is 0.571. The van der Waals surface area contributed by atoms with Crippen LogP contribution in [0.15, 0.2) is 35.5 Å². The van der Waals surface area contributed by atoms with E-state index in [9.17, 15) is 4.79 Å². The molecule has 2 aromatic rings. The van der Waals surface area contributed by atoms with E-state index >= 15 is 0 Å². The van der Waals surface area contributed by atoms with Crippen molar-refractivity contribution < 1.29 is 4.79 Å². The average Bonchev–Trinajstić information content (AvgIpc) is 3.48. The molecule has 2 saturated carbocycles. The lowest BCUT2D eigenvalue weighted by molar-refractivity contribution is -0.131. The van der Waals surface area contributed by atoms with Crippen molar-refractivity contribution in [3.05, 3.63) is 36.2 Å². The van der Waals surface area contributed by atoms with Crippen LogP contribution in [0.5, 0.6) is 0 Å². The number of thioether (sulfide) groups is 1. The van der Waals surface area contributed by atoms with E-state index in [4.69, 9.17) is 10.1 Å². The van der Waals surface area contributed by atoms with Gasteiger partial charge in [-0.15, -0.1) is 5.10 Å². The van der Waals surface area contributed by atoms with Crippen molar-refractivity contribution in [2.45, 2.75) is 74.2 Å². The van der Waals surface area contributed by atoms with Crippen molar-refractivity contribution >= 4 is 17.7 Å². The van der Waals surface area contributed by atoms with Crippen LogP contribution in [0.3, 0.4) is 0 Å². The van der Waals surface area contributed by atoms with Crippen LogP contribution in [0.4, 0.5) is 0 Å². The highest BCUT2D eigenvalue weighted by Gasteiger charge is 2.32. The van der Waals surface area contributed by atoms with Crippen LogP contribution in [-0.2, 0) is 4.79 Å². The lowest BCUT2D eigenvalue weighted by Gasteiger charge is -2.32. The maximum absolute atomic E-state index is 12.9. The van der Waals surface area contributed by atoms with Gasteiger partial charge in [0.15, 0.2) is 0 Å².